The van der Waals surface area contributed by atoms with Crippen molar-refractivity contribution in [3.05, 3.63) is 21.6 Å². The van der Waals surface area contributed by atoms with E-state index in [0.29, 0.717) is 12.1 Å². The molecule has 0 amide bonds. The van der Waals surface area contributed by atoms with Gasteiger partial charge in [-0.25, -0.2) is 13.1 Å². The van der Waals surface area contributed by atoms with Crippen LogP contribution >= 0.6 is 11.6 Å². The maximum atomic E-state index is 11.5. The van der Waals surface area contributed by atoms with E-state index in [9.17, 15) is 13.2 Å². The number of sulfone groups is 1. The molecule has 6 nitrogen and oxygen atoms in total. The average Bonchev–Trinajstić information content (AvgIpc) is 2.59. The van der Waals surface area contributed by atoms with Crippen LogP contribution in [0.1, 0.15) is 6.42 Å². The summed E-state index contributed by atoms with van der Waals surface area (Å²) in [5, 5.41) is 6.81. The van der Waals surface area contributed by atoms with Crippen molar-refractivity contribution in [3.8, 4) is 0 Å². The van der Waals surface area contributed by atoms with Gasteiger partial charge < -0.3 is 5.32 Å². The summed E-state index contributed by atoms with van der Waals surface area (Å²) in [6.07, 6.45) is 1.95. The van der Waals surface area contributed by atoms with Gasteiger partial charge in [0.15, 0.2) is 9.84 Å². The van der Waals surface area contributed by atoms with Crippen molar-refractivity contribution in [1.29, 1.82) is 0 Å². The molecule has 17 heavy (non-hydrogen) atoms. The number of hydrogen-bond acceptors (Lipinski definition) is 5. The number of anilines is 1. The van der Waals surface area contributed by atoms with Crippen LogP contribution in [0.15, 0.2) is 11.0 Å². The minimum absolute atomic E-state index is 0.0341. The zero-order valence-electron chi connectivity index (χ0n) is 9.18. The van der Waals surface area contributed by atoms with Gasteiger partial charge in [-0.2, -0.15) is 5.10 Å². The molecule has 0 spiro atoms. The summed E-state index contributed by atoms with van der Waals surface area (Å²) in [6, 6.07) is -0.202. The second kappa shape index (κ2) is 4.30. The number of hydrogen-bond donors (Lipinski definition) is 1. The summed E-state index contributed by atoms with van der Waals surface area (Å²) >= 11 is 5.86. The number of aromatic nitrogens is 2. The summed E-state index contributed by atoms with van der Waals surface area (Å²) in [4.78, 5) is 11.5. The standard InChI is InChI=1S/C9H12ClN3O3S/c1-13-9(14)8(10)7(4-11-13)12-6-2-3-17(15,16)5-6/h4,6,12H,2-3,5H2,1H3. The lowest BCUT2D eigenvalue weighted by Gasteiger charge is -2.13. The monoisotopic (exact) mass is 277 g/mol. The minimum atomic E-state index is -2.96. The molecule has 0 radical (unpaired) electrons. The molecule has 2 rings (SSSR count). The third-order valence-corrected chi connectivity index (χ3v) is 4.80. The Bertz CT molecular complexity index is 596. The van der Waals surface area contributed by atoms with E-state index in [4.69, 9.17) is 11.6 Å². The van der Waals surface area contributed by atoms with E-state index in [2.05, 4.69) is 10.4 Å². The van der Waals surface area contributed by atoms with Crippen LogP contribution in [0.5, 0.6) is 0 Å². The van der Waals surface area contributed by atoms with Gasteiger partial charge in [0, 0.05) is 13.1 Å². The minimum Gasteiger partial charge on any atom is -0.379 e. The molecule has 94 valence electrons. The van der Waals surface area contributed by atoms with Crippen molar-refractivity contribution in [2.45, 2.75) is 12.5 Å². The number of nitrogens with one attached hydrogen (secondary N) is 1. The molecule has 1 atom stereocenters. The van der Waals surface area contributed by atoms with Crippen molar-refractivity contribution < 1.29 is 8.42 Å². The Labute approximate surface area is 104 Å². The Kier molecular flexibility index (Phi) is 3.13. The van der Waals surface area contributed by atoms with Gasteiger partial charge in [-0.1, -0.05) is 11.6 Å². The van der Waals surface area contributed by atoms with Gasteiger partial charge in [-0.05, 0) is 6.42 Å². The van der Waals surface area contributed by atoms with Crippen LogP contribution in [0.3, 0.4) is 0 Å². The normalized spacial score (nSPS) is 22.6. The molecule has 0 bridgehead atoms. The highest BCUT2D eigenvalue weighted by molar-refractivity contribution is 7.91. The van der Waals surface area contributed by atoms with Crippen molar-refractivity contribution in [2.24, 2.45) is 7.05 Å². The predicted octanol–water partition coefficient (Wildman–Crippen LogP) is 0.0327. The zero-order chi connectivity index (χ0) is 12.6. The molecule has 1 unspecified atom stereocenters. The maximum Gasteiger partial charge on any atom is 0.287 e. The quantitative estimate of drug-likeness (QED) is 0.825. The highest BCUT2D eigenvalue weighted by Crippen LogP contribution is 2.20. The van der Waals surface area contributed by atoms with E-state index >= 15 is 0 Å². The SMILES string of the molecule is Cn1ncc(NC2CCS(=O)(=O)C2)c(Cl)c1=O. The van der Waals surface area contributed by atoms with E-state index in [-0.39, 0.29) is 22.6 Å². The van der Waals surface area contributed by atoms with Gasteiger partial charge in [-0.3, -0.25) is 4.79 Å². The first-order valence-corrected chi connectivity index (χ1v) is 7.28. The molecule has 1 aromatic rings. The molecule has 1 aliphatic heterocycles. The Balaban J connectivity index is 2.21. The van der Waals surface area contributed by atoms with Crippen molar-refractivity contribution in [1.82, 2.24) is 9.78 Å². The molecule has 1 aliphatic rings. The first-order chi connectivity index (χ1) is 7.89. The van der Waals surface area contributed by atoms with Crippen LogP contribution in [0.4, 0.5) is 5.69 Å². The van der Waals surface area contributed by atoms with E-state index in [1.807, 2.05) is 0 Å². The first kappa shape index (κ1) is 12.4. The second-order valence-electron chi connectivity index (χ2n) is 4.05. The van der Waals surface area contributed by atoms with Crippen molar-refractivity contribution in [2.75, 3.05) is 16.8 Å². The molecule has 0 saturated carbocycles. The smallest absolute Gasteiger partial charge is 0.287 e. The van der Waals surface area contributed by atoms with Crippen LogP contribution in [-0.4, -0.2) is 35.7 Å². The third-order valence-electron chi connectivity index (χ3n) is 2.67. The number of nitrogens with zero attached hydrogens (tertiary/aromatic N) is 2. The highest BCUT2D eigenvalue weighted by atomic mass is 35.5. The molecule has 0 aliphatic carbocycles. The zero-order valence-corrected chi connectivity index (χ0v) is 10.8. The first-order valence-electron chi connectivity index (χ1n) is 5.08. The lowest BCUT2D eigenvalue weighted by molar-refractivity contribution is 0.602. The third kappa shape index (κ3) is 2.61. The van der Waals surface area contributed by atoms with Crippen molar-refractivity contribution >= 4 is 27.1 Å². The molecule has 1 aromatic heterocycles. The van der Waals surface area contributed by atoms with Crippen LogP contribution in [-0.2, 0) is 16.9 Å². The Morgan fingerprint density at radius 1 is 1.59 bits per heavy atom. The van der Waals surface area contributed by atoms with Gasteiger partial charge in [0.25, 0.3) is 5.56 Å². The van der Waals surface area contributed by atoms with Crippen LogP contribution in [0.25, 0.3) is 0 Å². The predicted molar refractivity (Wildman–Crippen MR) is 65.2 cm³/mol. The average molecular weight is 278 g/mol. The highest BCUT2D eigenvalue weighted by Gasteiger charge is 2.28. The van der Waals surface area contributed by atoms with Gasteiger partial charge in [0.1, 0.15) is 5.02 Å². The largest absolute Gasteiger partial charge is 0.379 e. The molecule has 1 saturated heterocycles. The Morgan fingerprint density at radius 3 is 2.88 bits per heavy atom. The summed E-state index contributed by atoms with van der Waals surface area (Å²) in [5.41, 5.74) is -0.0191. The number of halogens is 1. The Morgan fingerprint density at radius 2 is 2.29 bits per heavy atom. The summed E-state index contributed by atoms with van der Waals surface area (Å²) in [5.74, 6) is 0.235. The van der Waals surface area contributed by atoms with Gasteiger partial charge in [-0.15, -0.1) is 0 Å². The van der Waals surface area contributed by atoms with E-state index in [0.717, 1.165) is 4.68 Å². The van der Waals surface area contributed by atoms with E-state index in [1.165, 1.54) is 13.2 Å². The van der Waals surface area contributed by atoms with Crippen LogP contribution in [0.2, 0.25) is 5.02 Å². The van der Waals surface area contributed by atoms with Crippen molar-refractivity contribution in [3.63, 3.8) is 0 Å². The summed E-state index contributed by atoms with van der Waals surface area (Å²) in [6.45, 7) is 0. The van der Waals surface area contributed by atoms with Gasteiger partial charge in [0.05, 0.1) is 23.4 Å². The lowest BCUT2D eigenvalue weighted by atomic mass is 10.2. The van der Waals surface area contributed by atoms with Gasteiger partial charge in [0.2, 0.25) is 0 Å². The number of rotatable bonds is 2. The molecule has 1 N–H and O–H groups in total. The molecule has 8 heteroatoms. The molecule has 0 aromatic carbocycles. The number of aryl methyl sites for hydroxylation is 1. The molecule has 2 heterocycles. The summed E-state index contributed by atoms with van der Waals surface area (Å²) < 4.78 is 23.7. The lowest BCUT2D eigenvalue weighted by Crippen LogP contribution is -2.25. The van der Waals surface area contributed by atoms with Crippen LogP contribution < -0.4 is 10.9 Å². The molecular weight excluding hydrogens is 266 g/mol. The maximum absolute atomic E-state index is 11.5. The van der Waals surface area contributed by atoms with Crippen LogP contribution in [0, 0.1) is 0 Å². The molecular formula is C9H12ClN3O3S. The second-order valence-corrected chi connectivity index (χ2v) is 6.65. The fraction of sp³-hybridized carbons (Fsp3) is 0.556. The molecule has 1 fully saturated rings. The fourth-order valence-corrected chi connectivity index (χ4v) is 3.64. The fourth-order valence-electron chi connectivity index (χ4n) is 1.74. The van der Waals surface area contributed by atoms with E-state index < -0.39 is 15.4 Å². The van der Waals surface area contributed by atoms with Gasteiger partial charge >= 0.3 is 0 Å². The Hall–Kier alpha value is -1.08. The van der Waals surface area contributed by atoms with E-state index in [1.54, 1.807) is 0 Å². The summed E-state index contributed by atoms with van der Waals surface area (Å²) in [7, 11) is -1.46. The topological polar surface area (TPSA) is 81.1 Å².